The second-order valence-electron chi connectivity index (χ2n) is 6.55. The van der Waals surface area contributed by atoms with Crippen LogP contribution in [-0.4, -0.2) is 52.2 Å². The van der Waals surface area contributed by atoms with E-state index in [2.05, 4.69) is 11.9 Å². The van der Waals surface area contributed by atoms with Crippen molar-refractivity contribution in [3.8, 4) is 0 Å². The number of fused-ring (bicyclic) bond motifs is 1. The zero-order valence-corrected chi connectivity index (χ0v) is 15.1. The Bertz CT molecular complexity index is 608. The number of nitrogens with one attached hydrogen (secondary N) is 1. The molecule has 0 aromatic rings. The Labute approximate surface area is 145 Å². The Morgan fingerprint density at radius 2 is 2.12 bits per heavy atom. The van der Waals surface area contributed by atoms with Gasteiger partial charge in [-0.3, -0.25) is 9.69 Å². The number of thioether (sulfide) groups is 1. The van der Waals surface area contributed by atoms with Gasteiger partial charge in [0.2, 0.25) is 0 Å². The van der Waals surface area contributed by atoms with Crippen molar-refractivity contribution >= 4 is 29.7 Å². The van der Waals surface area contributed by atoms with E-state index in [4.69, 9.17) is 9.47 Å². The van der Waals surface area contributed by atoms with Crippen LogP contribution in [0.5, 0.6) is 0 Å². The molecule has 2 rings (SSSR count). The van der Waals surface area contributed by atoms with Gasteiger partial charge in [0, 0.05) is 5.75 Å². The molecule has 2 unspecified atom stereocenters. The number of hydrogen-bond acceptors (Lipinski definition) is 6. The molecule has 132 valence electrons. The molecule has 2 aliphatic heterocycles. The first-order valence-corrected chi connectivity index (χ1v) is 8.62. The second kappa shape index (κ2) is 6.88. The van der Waals surface area contributed by atoms with E-state index in [0.717, 1.165) is 5.57 Å². The predicted octanol–water partition coefficient (Wildman–Crippen LogP) is 1.80. The minimum absolute atomic E-state index is 0.0784. The van der Waals surface area contributed by atoms with Crippen molar-refractivity contribution in [1.82, 2.24) is 10.2 Å². The van der Waals surface area contributed by atoms with Crippen molar-refractivity contribution in [2.45, 2.75) is 44.7 Å². The van der Waals surface area contributed by atoms with Crippen molar-refractivity contribution in [3.05, 3.63) is 23.9 Å². The summed E-state index contributed by atoms with van der Waals surface area (Å²) in [5, 5.41) is 2.24. The maximum Gasteiger partial charge on any atom is 0.408 e. The number of rotatable bonds is 4. The third-order valence-corrected chi connectivity index (χ3v) is 4.78. The number of carbonyl (C=O) groups excluding carboxylic acids is 3. The number of hydrogen-bond donors (Lipinski definition) is 1. The lowest BCUT2D eigenvalue weighted by Crippen LogP contribution is -2.70. The molecule has 2 atom stereocenters. The summed E-state index contributed by atoms with van der Waals surface area (Å²) in [4.78, 5) is 37.8. The van der Waals surface area contributed by atoms with Gasteiger partial charge in [0.1, 0.15) is 29.3 Å². The van der Waals surface area contributed by atoms with E-state index in [1.165, 1.54) is 22.7 Å². The summed E-state index contributed by atoms with van der Waals surface area (Å²) in [7, 11) is 0. The highest BCUT2D eigenvalue weighted by Gasteiger charge is 2.54. The van der Waals surface area contributed by atoms with E-state index in [1.807, 2.05) is 0 Å². The third-order valence-electron chi connectivity index (χ3n) is 3.36. The van der Waals surface area contributed by atoms with Crippen LogP contribution in [0.25, 0.3) is 0 Å². The first-order valence-electron chi connectivity index (χ1n) is 7.57. The fourth-order valence-electron chi connectivity index (χ4n) is 2.40. The van der Waals surface area contributed by atoms with E-state index >= 15 is 0 Å². The molecule has 24 heavy (non-hydrogen) atoms. The molecule has 0 saturated carbocycles. The number of nitrogens with zero attached hydrogens (tertiary/aromatic N) is 1. The van der Waals surface area contributed by atoms with Gasteiger partial charge in [-0.25, -0.2) is 9.59 Å². The molecule has 0 spiro atoms. The summed E-state index contributed by atoms with van der Waals surface area (Å²) < 4.78 is 10.2. The first-order chi connectivity index (χ1) is 11.2. The average molecular weight is 354 g/mol. The van der Waals surface area contributed by atoms with E-state index in [1.54, 1.807) is 27.7 Å². The van der Waals surface area contributed by atoms with Gasteiger partial charge in [-0.1, -0.05) is 12.7 Å². The lowest BCUT2D eigenvalue weighted by Gasteiger charge is -2.49. The van der Waals surface area contributed by atoms with Crippen LogP contribution in [-0.2, 0) is 19.1 Å². The summed E-state index contributed by atoms with van der Waals surface area (Å²) in [5.74, 6) is -0.316. The van der Waals surface area contributed by atoms with Gasteiger partial charge in [-0.05, 0) is 33.3 Å². The van der Waals surface area contributed by atoms with E-state index in [9.17, 15) is 14.4 Å². The Kier molecular flexibility index (Phi) is 5.27. The van der Waals surface area contributed by atoms with Gasteiger partial charge in [0.25, 0.3) is 5.91 Å². The molecule has 0 aromatic carbocycles. The molecule has 1 N–H and O–H groups in total. The summed E-state index contributed by atoms with van der Waals surface area (Å²) in [6.07, 6.45) is 0.816. The molecule has 2 heterocycles. The first kappa shape index (κ1) is 18.4. The van der Waals surface area contributed by atoms with Gasteiger partial charge in [-0.2, -0.15) is 0 Å². The monoisotopic (exact) mass is 354 g/mol. The molecule has 0 aromatic heterocycles. The topological polar surface area (TPSA) is 84.9 Å². The van der Waals surface area contributed by atoms with Crippen LogP contribution >= 0.6 is 11.8 Å². The van der Waals surface area contributed by atoms with Gasteiger partial charge >= 0.3 is 12.1 Å². The van der Waals surface area contributed by atoms with E-state index < -0.39 is 23.7 Å². The van der Waals surface area contributed by atoms with Crippen LogP contribution < -0.4 is 5.32 Å². The minimum atomic E-state index is -0.708. The minimum Gasteiger partial charge on any atom is -0.457 e. The largest absolute Gasteiger partial charge is 0.457 e. The summed E-state index contributed by atoms with van der Waals surface area (Å²) in [6, 6.07) is -0.708. The van der Waals surface area contributed by atoms with Crippen LogP contribution in [0.3, 0.4) is 0 Å². The molecule has 7 nitrogen and oxygen atoms in total. The number of carbonyl (C=O) groups is 3. The second-order valence-corrected chi connectivity index (χ2v) is 7.65. The molecule has 0 radical (unpaired) electrons. The third kappa shape index (κ3) is 3.75. The van der Waals surface area contributed by atoms with Crippen LogP contribution in [0.1, 0.15) is 27.7 Å². The molecular formula is C16H22N2O5S. The van der Waals surface area contributed by atoms with Crippen LogP contribution in [0.2, 0.25) is 0 Å². The van der Waals surface area contributed by atoms with Crippen molar-refractivity contribution < 1.29 is 23.9 Å². The maximum atomic E-state index is 12.4. The van der Waals surface area contributed by atoms with Gasteiger partial charge in [-0.15, -0.1) is 11.8 Å². The highest BCUT2D eigenvalue weighted by molar-refractivity contribution is 8.00. The summed E-state index contributed by atoms with van der Waals surface area (Å²) >= 11 is 1.49. The van der Waals surface area contributed by atoms with Crippen LogP contribution in [0, 0.1) is 0 Å². The molecular weight excluding hydrogens is 332 g/mol. The highest BCUT2D eigenvalue weighted by atomic mass is 32.2. The normalized spacial score (nSPS) is 23.2. The molecule has 2 aliphatic rings. The number of alkyl carbamates (subject to hydrolysis) is 1. The predicted molar refractivity (Wildman–Crippen MR) is 90.1 cm³/mol. The van der Waals surface area contributed by atoms with Crippen LogP contribution in [0.15, 0.2) is 23.9 Å². The SMILES string of the molecule is C=CCOC(=O)C1=C(C)CSC2C(NC(=O)OC(C)(C)C)C(=O)N12. The fraction of sp³-hybridized carbons (Fsp3) is 0.562. The Morgan fingerprint density at radius 3 is 2.71 bits per heavy atom. The van der Waals surface area contributed by atoms with Gasteiger partial charge in [0.15, 0.2) is 0 Å². The standard InChI is InChI=1S/C16H22N2O5S/c1-6-7-22-14(20)11-9(2)8-24-13-10(12(19)18(11)13)17-15(21)23-16(3,4)5/h6,10,13H,1,7-8H2,2-5H3,(H,17,21). The Balaban J connectivity index is 2.07. The maximum absolute atomic E-state index is 12.4. The molecule has 2 amide bonds. The summed E-state index contributed by atoms with van der Waals surface area (Å²) in [6.45, 7) is 10.6. The fourth-order valence-corrected chi connectivity index (χ4v) is 3.69. The van der Waals surface area contributed by atoms with Gasteiger partial charge < -0.3 is 14.8 Å². The molecule has 1 fully saturated rings. The molecule has 0 bridgehead atoms. The molecule has 8 heteroatoms. The molecule has 0 aliphatic carbocycles. The van der Waals surface area contributed by atoms with Crippen molar-refractivity contribution in [3.63, 3.8) is 0 Å². The van der Waals surface area contributed by atoms with Crippen molar-refractivity contribution in [2.24, 2.45) is 0 Å². The Morgan fingerprint density at radius 1 is 1.46 bits per heavy atom. The average Bonchev–Trinajstić information content (AvgIpc) is 2.48. The Hall–Kier alpha value is -1.96. The number of amides is 2. The van der Waals surface area contributed by atoms with Crippen molar-refractivity contribution in [1.29, 1.82) is 0 Å². The molecule has 1 saturated heterocycles. The number of esters is 1. The number of β-lactam (4-membered cyclic amide) rings is 1. The smallest absolute Gasteiger partial charge is 0.408 e. The van der Waals surface area contributed by atoms with Gasteiger partial charge in [0.05, 0.1) is 0 Å². The van der Waals surface area contributed by atoms with E-state index in [-0.39, 0.29) is 23.6 Å². The lowest BCUT2D eigenvalue weighted by molar-refractivity contribution is -0.151. The summed E-state index contributed by atoms with van der Waals surface area (Å²) in [5.41, 5.74) is 0.383. The lowest BCUT2D eigenvalue weighted by atomic mass is 10.0. The highest BCUT2D eigenvalue weighted by Crippen LogP contribution is 2.40. The zero-order valence-electron chi connectivity index (χ0n) is 14.3. The quantitative estimate of drug-likeness (QED) is 0.471. The number of ether oxygens (including phenoxy) is 2. The van der Waals surface area contributed by atoms with Crippen molar-refractivity contribution in [2.75, 3.05) is 12.4 Å². The zero-order chi connectivity index (χ0) is 18.1. The van der Waals surface area contributed by atoms with E-state index in [0.29, 0.717) is 5.75 Å². The van der Waals surface area contributed by atoms with Crippen LogP contribution in [0.4, 0.5) is 4.79 Å².